The highest BCUT2D eigenvalue weighted by Crippen LogP contribution is 2.42. The first-order chi connectivity index (χ1) is 8.79. The predicted molar refractivity (Wildman–Crippen MR) is 79.0 cm³/mol. The minimum atomic E-state index is 0.510. The van der Waals surface area contributed by atoms with Gasteiger partial charge in [0.05, 0.1) is 6.61 Å². The van der Waals surface area contributed by atoms with Crippen molar-refractivity contribution in [1.29, 1.82) is 0 Å². The summed E-state index contributed by atoms with van der Waals surface area (Å²) in [5.41, 5.74) is 2.65. The maximum atomic E-state index is 5.24. The van der Waals surface area contributed by atoms with Crippen LogP contribution in [0.2, 0.25) is 0 Å². The van der Waals surface area contributed by atoms with E-state index in [4.69, 9.17) is 4.74 Å². The lowest BCUT2D eigenvalue weighted by molar-refractivity contribution is 0.184. The molecule has 1 aliphatic carbocycles. The molecule has 1 saturated carbocycles. The molecule has 0 heterocycles. The van der Waals surface area contributed by atoms with Crippen molar-refractivity contribution in [2.75, 3.05) is 19.9 Å². The summed E-state index contributed by atoms with van der Waals surface area (Å²) >= 11 is 2.02. The highest BCUT2D eigenvalue weighted by molar-refractivity contribution is 8.00. The zero-order valence-corrected chi connectivity index (χ0v) is 12.2. The molecule has 18 heavy (non-hydrogen) atoms. The van der Waals surface area contributed by atoms with Gasteiger partial charge < -0.3 is 10.1 Å². The van der Waals surface area contributed by atoms with Crippen molar-refractivity contribution < 1.29 is 4.74 Å². The zero-order chi connectivity index (χ0) is 12.8. The van der Waals surface area contributed by atoms with Crippen LogP contribution in [-0.2, 0) is 17.9 Å². The smallest absolute Gasteiger partial charge is 0.0716 e. The van der Waals surface area contributed by atoms with Gasteiger partial charge in [-0.2, -0.15) is 11.8 Å². The van der Waals surface area contributed by atoms with Gasteiger partial charge >= 0.3 is 0 Å². The Kier molecular flexibility index (Phi) is 5.10. The number of benzene rings is 1. The Morgan fingerprint density at radius 3 is 2.56 bits per heavy atom. The number of hydrogen-bond donors (Lipinski definition) is 1. The van der Waals surface area contributed by atoms with Crippen molar-refractivity contribution in [2.24, 2.45) is 0 Å². The molecule has 0 amide bonds. The van der Waals surface area contributed by atoms with Gasteiger partial charge in [-0.15, -0.1) is 0 Å². The minimum absolute atomic E-state index is 0.510. The van der Waals surface area contributed by atoms with Crippen molar-refractivity contribution in [3.8, 4) is 0 Å². The van der Waals surface area contributed by atoms with E-state index in [2.05, 4.69) is 35.8 Å². The number of hydrogen-bond acceptors (Lipinski definition) is 3. The standard InChI is InChI=1S/C15H23NOS/c1-17-11-14-7-4-3-6-13(14)10-16-12-15(18-2)8-5-9-15/h3-4,6-7,16H,5,8-12H2,1-2H3. The van der Waals surface area contributed by atoms with E-state index in [1.807, 2.05) is 11.8 Å². The molecule has 1 aromatic rings. The van der Waals surface area contributed by atoms with Gasteiger partial charge in [-0.3, -0.25) is 0 Å². The summed E-state index contributed by atoms with van der Waals surface area (Å²) in [6.45, 7) is 2.77. The third-order valence-corrected chi connectivity index (χ3v) is 5.30. The van der Waals surface area contributed by atoms with Crippen molar-refractivity contribution in [3.63, 3.8) is 0 Å². The second kappa shape index (κ2) is 6.60. The fourth-order valence-electron chi connectivity index (χ4n) is 2.48. The fourth-order valence-corrected chi connectivity index (χ4v) is 3.42. The van der Waals surface area contributed by atoms with E-state index < -0.39 is 0 Å². The molecule has 0 atom stereocenters. The van der Waals surface area contributed by atoms with Crippen LogP contribution in [-0.4, -0.2) is 24.7 Å². The molecule has 0 saturated heterocycles. The summed E-state index contributed by atoms with van der Waals surface area (Å²) < 4.78 is 5.75. The van der Waals surface area contributed by atoms with Crippen LogP contribution in [0.5, 0.6) is 0 Å². The fraction of sp³-hybridized carbons (Fsp3) is 0.600. The van der Waals surface area contributed by atoms with Crippen LogP contribution >= 0.6 is 11.8 Å². The van der Waals surface area contributed by atoms with Crippen molar-refractivity contribution in [3.05, 3.63) is 35.4 Å². The van der Waals surface area contributed by atoms with Crippen LogP contribution in [0.4, 0.5) is 0 Å². The van der Waals surface area contributed by atoms with Crippen LogP contribution in [0.1, 0.15) is 30.4 Å². The zero-order valence-electron chi connectivity index (χ0n) is 11.4. The minimum Gasteiger partial charge on any atom is -0.380 e. The average molecular weight is 265 g/mol. The molecule has 1 aliphatic rings. The van der Waals surface area contributed by atoms with Gasteiger partial charge in [-0.25, -0.2) is 0 Å². The molecule has 1 aromatic carbocycles. The lowest BCUT2D eigenvalue weighted by Crippen LogP contribution is -2.43. The Hall–Kier alpha value is -0.510. The van der Waals surface area contributed by atoms with Crippen molar-refractivity contribution in [2.45, 2.75) is 37.2 Å². The van der Waals surface area contributed by atoms with Crippen LogP contribution in [0.25, 0.3) is 0 Å². The summed E-state index contributed by atoms with van der Waals surface area (Å²) in [5.74, 6) is 0. The molecule has 0 spiro atoms. The Bertz CT molecular complexity index is 371. The van der Waals surface area contributed by atoms with Crippen molar-refractivity contribution in [1.82, 2.24) is 5.32 Å². The van der Waals surface area contributed by atoms with Gasteiger partial charge in [0.1, 0.15) is 0 Å². The highest BCUT2D eigenvalue weighted by Gasteiger charge is 2.35. The molecule has 2 rings (SSSR count). The molecular weight excluding hydrogens is 242 g/mol. The molecule has 0 aliphatic heterocycles. The summed E-state index contributed by atoms with van der Waals surface area (Å²) in [5, 5.41) is 3.62. The van der Waals surface area contributed by atoms with Gasteiger partial charge in [0, 0.05) is 24.9 Å². The molecule has 100 valence electrons. The average Bonchev–Trinajstić information content (AvgIpc) is 2.35. The molecule has 1 fully saturated rings. The first-order valence-electron chi connectivity index (χ1n) is 6.61. The maximum absolute atomic E-state index is 5.24. The summed E-state index contributed by atoms with van der Waals surface area (Å²) in [4.78, 5) is 0. The number of methoxy groups -OCH3 is 1. The van der Waals surface area contributed by atoms with Gasteiger partial charge in [-0.1, -0.05) is 30.7 Å². The van der Waals surface area contributed by atoms with Crippen LogP contribution in [0, 0.1) is 0 Å². The molecule has 0 bridgehead atoms. The normalized spacial score (nSPS) is 17.4. The summed E-state index contributed by atoms with van der Waals surface area (Å²) in [6, 6.07) is 8.51. The summed E-state index contributed by atoms with van der Waals surface area (Å²) in [6.07, 6.45) is 6.35. The van der Waals surface area contributed by atoms with Crippen molar-refractivity contribution >= 4 is 11.8 Å². The number of rotatable bonds is 7. The van der Waals surface area contributed by atoms with Gasteiger partial charge in [-0.05, 0) is 30.2 Å². The molecule has 0 unspecified atom stereocenters. The maximum Gasteiger partial charge on any atom is 0.0716 e. The number of thioether (sulfide) groups is 1. The Labute approximate surface area is 114 Å². The monoisotopic (exact) mass is 265 g/mol. The Morgan fingerprint density at radius 1 is 1.28 bits per heavy atom. The van der Waals surface area contributed by atoms with E-state index in [9.17, 15) is 0 Å². The lowest BCUT2D eigenvalue weighted by atomic mass is 9.84. The topological polar surface area (TPSA) is 21.3 Å². The molecule has 2 nitrogen and oxygen atoms in total. The van der Waals surface area contributed by atoms with Crippen LogP contribution in [0.3, 0.4) is 0 Å². The SMILES string of the molecule is COCc1ccccc1CNCC1(SC)CCC1. The largest absolute Gasteiger partial charge is 0.380 e. The molecule has 0 radical (unpaired) electrons. The third kappa shape index (κ3) is 3.28. The summed E-state index contributed by atoms with van der Waals surface area (Å²) in [7, 11) is 1.75. The molecular formula is C15H23NOS. The third-order valence-electron chi connectivity index (χ3n) is 3.88. The van der Waals surface area contributed by atoms with E-state index in [-0.39, 0.29) is 0 Å². The highest BCUT2D eigenvalue weighted by atomic mass is 32.2. The molecule has 0 aromatic heterocycles. The Morgan fingerprint density at radius 2 is 2.00 bits per heavy atom. The first-order valence-corrected chi connectivity index (χ1v) is 7.84. The Balaban J connectivity index is 1.86. The quantitative estimate of drug-likeness (QED) is 0.818. The molecule has 1 N–H and O–H groups in total. The van der Waals surface area contributed by atoms with E-state index in [1.54, 1.807) is 7.11 Å². The predicted octanol–water partition coefficient (Wildman–Crippen LogP) is 3.21. The number of nitrogens with one attached hydrogen (secondary N) is 1. The lowest BCUT2D eigenvalue weighted by Gasteiger charge is -2.40. The van der Waals surface area contributed by atoms with Gasteiger partial charge in [0.2, 0.25) is 0 Å². The second-order valence-corrected chi connectivity index (χ2v) is 6.32. The van der Waals surface area contributed by atoms with Gasteiger partial charge in [0.25, 0.3) is 0 Å². The van der Waals surface area contributed by atoms with E-state index in [1.165, 1.54) is 30.4 Å². The van der Waals surface area contributed by atoms with E-state index >= 15 is 0 Å². The van der Waals surface area contributed by atoms with Crippen LogP contribution in [0.15, 0.2) is 24.3 Å². The van der Waals surface area contributed by atoms with E-state index in [0.29, 0.717) is 11.4 Å². The van der Waals surface area contributed by atoms with E-state index in [0.717, 1.165) is 13.1 Å². The second-order valence-electron chi connectivity index (χ2n) is 5.05. The van der Waals surface area contributed by atoms with Crippen LogP contribution < -0.4 is 5.32 Å². The number of ether oxygens (including phenoxy) is 1. The first kappa shape index (κ1) is 13.9. The van der Waals surface area contributed by atoms with Gasteiger partial charge in [0.15, 0.2) is 0 Å². The molecule has 3 heteroatoms.